The van der Waals surface area contributed by atoms with Crippen molar-refractivity contribution >= 4 is 11.9 Å². The van der Waals surface area contributed by atoms with Crippen LogP contribution in [0.3, 0.4) is 0 Å². The predicted octanol–water partition coefficient (Wildman–Crippen LogP) is 2.95. The van der Waals surface area contributed by atoms with E-state index in [0.29, 0.717) is 17.1 Å². The zero-order valence-corrected chi connectivity index (χ0v) is 14.7. The van der Waals surface area contributed by atoms with E-state index in [4.69, 9.17) is 9.47 Å². The first kappa shape index (κ1) is 18.1. The molecule has 6 nitrogen and oxygen atoms in total. The Hall–Kier alpha value is -2.24. The summed E-state index contributed by atoms with van der Waals surface area (Å²) in [5.41, 5.74) is -0.939. The third-order valence-electron chi connectivity index (χ3n) is 4.67. The van der Waals surface area contributed by atoms with Gasteiger partial charge in [0.1, 0.15) is 5.54 Å². The van der Waals surface area contributed by atoms with Crippen LogP contribution in [0.1, 0.15) is 49.9 Å². The van der Waals surface area contributed by atoms with E-state index >= 15 is 0 Å². The quantitative estimate of drug-likeness (QED) is 0.865. The van der Waals surface area contributed by atoms with E-state index in [0.717, 1.165) is 12.8 Å². The van der Waals surface area contributed by atoms with Crippen molar-refractivity contribution in [3.8, 4) is 11.5 Å². The molecule has 24 heavy (non-hydrogen) atoms. The highest BCUT2D eigenvalue weighted by molar-refractivity contribution is 5.98. The Morgan fingerprint density at radius 2 is 1.83 bits per heavy atom. The Balaban J connectivity index is 2.21. The summed E-state index contributed by atoms with van der Waals surface area (Å²) in [7, 11) is 3.00. The first-order valence-electron chi connectivity index (χ1n) is 8.13. The molecule has 2 rings (SSSR count). The fourth-order valence-corrected chi connectivity index (χ4v) is 2.67. The van der Waals surface area contributed by atoms with Crippen molar-refractivity contribution in [2.75, 3.05) is 14.2 Å². The van der Waals surface area contributed by atoms with Crippen LogP contribution in [0.2, 0.25) is 0 Å². The fraction of sp³-hybridized carbons (Fsp3) is 0.556. The van der Waals surface area contributed by atoms with Crippen LogP contribution >= 0.6 is 0 Å². The molecule has 0 radical (unpaired) electrons. The van der Waals surface area contributed by atoms with Gasteiger partial charge in [-0.05, 0) is 57.7 Å². The van der Waals surface area contributed by atoms with Crippen molar-refractivity contribution in [3.63, 3.8) is 0 Å². The van der Waals surface area contributed by atoms with Crippen LogP contribution in [-0.4, -0.2) is 47.7 Å². The SMILES string of the molecule is COc1cc(C(=O)N(C)C(C)(C)C(=O)O)ccc1OC1CCCC1. The Kier molecular flexibility index (Phi) is 5.36. The minimum absolute atomic E-state index is 0.189. The Morgan fingerprint density at radius 1 is 1.21 bits per heavy atom. The molecular weight excluding hydrogens is 310 g/mol. The van der Waals surface area contributed by atoms with Gasteiger partial charge < -0.3 is 19.5 Å². The van der Waals surface area contributed by atoms with Gasteiger partial charge in [0.15, 0.2) is 11.5 Å². The van der Waals surface area contributed by atoms with Gasteiger partial charge in [-0.2, -0.15) is 0 Å². The maximum Gasteiger partial charge on any atom is 0.329 e. The molecule has 0 spiro atoms. The molecule has 0 aliphatic heterocycles. The van der Waals surface area contributed by atoms with E-state index in [9.17, 15) is 14.7 Å². The molecule has 1 aliphatic rings. The Morgan fingerprint density at radius 3 is 2.38 bits per heavy atom. The van der Waals surface area contributed by atoms with E-state index in [-0.39, 0.29) is 12.0 Å². The number of nitrogens with zero attached hydrogens (tertiary/aromatic N) is 1. The number of carbonyl (C=O) groups is 2. The zero-order valence-electron chi connectivity index (χ0n) is 14.7. The summed E-state index contributed by atoms with van der Waals surface area (Å²) in [4.78, 5) is 25.1. The largest absolute Gasteiger partial charge is 0.493 e. The lowest BCUT2D eigenvalue weighted by molar-refractivity contribution is -0.147. The van der Waals surface area contributed by atoms with Gasteiger partial charge in [0.2, 0.25) is 0 Å². The number of hydrogen-bond donors (Lipinski definition) is 1. The molecule has 1 aromatic rings. The molecule has 0 unspecified atom stereocenters. The van der Waals surface area contributed by atoms with Crippen molar-refractivity contribution < 1.29 is 24.2 Å². The molecule has 0 heterocycles. The van der Waals surface area contributed by atoms with Gasteiger partial charge in [-0.15, -0.1) is 0 Å². The minimum atomic E-state index is -1.30. The summed E-state index contributed by atoms with van der Waals surface area (Å²) in [6.45, 7) is 2.98. The normalized spacial score (nSPS) is 15.2. The van der Waals surface area contributed by atoms with Gasteiger partial charge >= 0.3 is 5.97 Å². The molecular formula is C18H25NO5. The average Bonchev–Trinajstić information content (AvgIpc) is 3.06. The van der Waals surface area contributed by atoms with Crippen molar-refractivity contribution in [2.24, 2.45) is 0 Å². The number of carboxylic acids is 1. The molecule has 6 heteroatoms. The number of carboxylic acid groups (broad SMARTS) is 1. The second-order valence-corrected chi connectivity index (χ2v) is 6.62. The Bertz CT molecular complexity index is 620. The van der Waals surface area contributed by atoms with Crippen LogP contribution in [0, 0.1) is 0 Å². The number of amides is 1. The molecule has 0 saturated heterocycles. The van der Waals surface area contributed by atoms with Crippen LogP contribution < -0.4 is 9.47 Å². The number of rotatable bonds is 6. The molecule has 1 aliphatic carbocycles. The number of hydrogen-bond acceptors (Lipinski definition) is 4. The highest BCUT2D eigenvalue weighted by Crippen LogP contribution is 2.33. The van der Waals surface area contributed by atoms with Crippen LogP contribution in [-0.2, 0) is 4.79 Å². The summed E-state index contributed by atoms with van der Waals surface area (Å²) in [6.07, 6.45) is 4.57. The Labute approximate surface area is 142 Å². The third kappa shape index (κ3) is 3.63. The van der Waals surface area contributed by atoms with E-state index in [1.165, 1.54) is 45.7 Å². The first-order chi connectivity index (χ1) is 11.3. The van der Waals surface area contributed by atoms with E-state index < -0.39 is 11.5 Å². The number of likely N-dealkylation sites (N-methyl/N-ethyl adjacent to an activating group) is 1. The number of ether oxygens (including phenoxy) is 2. The molecule has 0 atom stereocenters. The number of carbonyl (C=O) groups excluding carboxylic acids is 1. The maximum absolute atomic E-state index is 12.6. The summed E-state index contributed by atoms with van der Waals surface area (Å²) in [6, 6.07) is 4.95. The zero-order chi connectivity index (χ0) is 17.9. The van der Waals surface area contributed by atoms with E-state index in [1.807, 2.05) is 0 Å². The maximum atomic E-state index is 12.6. The van der Waals surface area contributed by atoms with Gasteiger partial charge in [-0.3, -0.25) is 4.79 Å². The van der Waals surface area contributed by atoms with E-state index in [2.05, 4.69) is 0 Å². The predicted molar refractivity (Wildman–Crippen MR) is 89.7 cm³/mol. The van der Waals surface area contributed by atoms with Gasteiger partial charge in [-0.25, -0.2) is 4.79 Å². The second-order valence-electron chi connectivity index (χ2n) is 6.62. The molecule has 1 amide bonds. The number of methoxy groups -OCH3 is 1. The smallest absolute Gasteiger partial charge is 0.329 e. The van der Waals surface area contributed by atoms with Crippen LogP contribution in [0.15, 0.2) is 18.2 Å². The van der Waals surface area contributed by atoms with Crippen molar-refractivity contribution in [1.82, 2.24) is 4.90 Å². The second kappa shape index (κ2) is 7.11. The molecule has 1 fully saturated rings. The van der Waals surface area contributed by atoms with Crippen molar-refractivity contribution in [3.05, 3.63) is 23.8 Å². The molecule has 1 N–H and O–H groups in total. The summed E-state index contributed by atoms with van der Waals surface area (Å²) >= 11 is 0. The molecule has 1 aromatic carbocycles. The highest BCUT2D eigenvalue weighted by atomic mass is 16.5. The lowest BCUT2D eigenvalue weighted by Gasteiger charge is -2.31. The van der Waals surface area contributed by atoms with Gasteiger partial charge in [0, 0.05) is 12.6 Å². The van der Waals surface area contributed by atoms with Crippen molar-refractivity contribution in [2.45, 2.75) is 51.2 Å². The summed E-state index contributed by atoms with van der Waals surface area (Å²) in [5, 5.41) is 9.27. The standard InChI is InChI=1S/C18H25NO5/c1-18(2,17(21)22)19(3)16(20)12-9-10-14(15(11-12)23-4)24-13-7-5-6-8-13/h9-11,13H,5-8H2,1-4H3,(H,21,22). The number of aliphatic carboxylic acids is 1. The topological polar surface area (TPSA) is 76.1 Å². The van der Waals surface area contributed by atoms with Crippen LogP contribution in [0.4, 0.5) is 0 Å². The first-order valence-corrected chi connectivity index (χ1v) is 8.13. The summed E-state index contributed by atoms with van der Waals surface area (Å²) < 4.78 is 11.3. The van der Waals surface area contributed by atoms with Crippen molar-refractivity contribution in [1.29, 1.82) is 0 Å². The fourth-order valence-electron chi connectivity index (χ4n) is 2.67. The third-order valence-corrected chi connectivity index (χ3v) is 4.67. The monoisotopic (exact) mass is 335 g/mol. The number of benzene rings is 1. The molecule has 1 saturated carbocycles. The molecule has 0 aromatic heterocycles. The van der Waals surface area contributed by atoms with Crippen LogP contribution in [0.5, 0.6) is 11.5 Å². The highest BCUT2D eigenvalue weighted by Gasteiger charge is 2.35. The lowest BCUT2D eigenvalue weighted by atomic mass is 10.0. The minimum Gasteiger partial charge on any atom is -0.493 e. The lowest BCUT2D eigenvalue weighted by Crippen LogP contribution is -2.50. The van der Waals surface area contributed by atoms with Gasteiger partial charge in [-0.1, -0.05) is 0 Å². The van der Waals surface area contributed by atoms with Gasteiger partial charge in [0.05, 0.1) is 13.2 Å². The molecule has 132 valence electrons. The van der Waals surface area contributed by atoms with Gasteiger partial charge in [0.25, 0.3) is 5.91 Å². The molecule has 0 bridgehead atoms. The summed E-state index contributed by atoms with van der Waals surface area (Å²) in [5.74, 6) is -0.352. The van der Waals surface area contributed by atoms with Crippen LogP contribution in [0.25, 0.3) is 0 Å². The van der Waals surface area contributed by atoms with E-state index in [1.54, 1.807) is 18.2 Å². The average molecular weight is 335 g/mol.